The van der Waals surface area contributed by atoms with Gasteiger partial charge in [-0.25, -0.2) is 8.42 Å². The molecule has 1 aromatic carbocycles. The molecular formula is C19H30N4O4S. The molecule has 0 radical (unpaired) electrons. The van der Waals surface area contributed by atoms with Crippen LogP contribution in [0.5, 0.6) is 0 Å². The molecule has 8 nitrogen and oxygen atoms in total. The van der Waals surface area contributed by atoms with Crippen molar-refractivity contribution in [3.63, 3.8) is 0 Å². The lowest BCUT2D eigenvalue weighted by molar-refractivity contribution is -0.384. The van der Waals surface area contributed by atoms with Crippen molar-refractivity contribution < 1.29 is 13.3 Å². The molecule has 3 rings (SSSR count). The summed E-state index contributed by atoms with van der Waals surface area (Å²) in [5.41, 5.74) is 0.177. The molecule has 0 spiro atoms. The predicted octanol–water partition coefficient (Wildman–Crippen LogP) is 2.91. The Morgan fingerprint density at radius 1 is 1.21 bits per heavy atom. The molecule has 1 aliphatic heterocycles. The number of hydrogen-bond donors (Lipinski definition) is 1. The molecule has 2 fully saturated rings. The molecule has 1 aromatic rings. The van der Waals surface area contributed by atoms with Gasteiger partial charge < -0.3 is 10.2 Å². The number of benzene rings is 1. The molecule has 0 bridgehead atoms. The van der Waals surface area contributed by atoms with E-state index in [0.717, 1.165) is 25.7 Å². The van der Waals surface area contributed by atoms with Crippen molar-refractivity contribution in [2.24, 2.45) is 5.92 Å². The molecule has 156 valence electrons. The third kappa shape index (κ3) is 4.82. The molecule has 1 unspecified atom stereocenters. The summed E-state index contributed by atoms with van der Waals surface area (Å²) in [6.45, 7) is 1.54. The largest absolute Gasteiger partial charge is 0.378 e. The van der Waals surface area contributed by atoms with Gasteiger partial charge in [-0.1, -0.05) is 12.8 Å². The van der Waals surface area contributed by atoms with Crippen LogP contribution in [0.3, 0.4) is 0 Å². The maximum absolute atomic E-state index is 13.0. The summed E-state index contributed by atoms with van der Waals surface area (Å²) < 4.78 is 27.4. The topological polar surface area (TPSA) is 95.8 Å². The number of rotatable bonds is 8. The Morgan fingerprint density at radius 3 is 2.39 bits per heavy atom. The molecule has 1 saturated heterocycles. The lowest BCUT2D eigenvalue weighted by Crippen LogP contribution is -2.36. The number of hydrogen-bond acceptors (Lipinski definition) is 6. The van der Waals surface area contributed by atoms with Crippen LogP contribution in [-0.4, -0.2) is 62.3 Å². The highest BCUT2D eigenvalue weighted by molar-refractivity contribution is 7.89. The summed E-state index contributed by atoms with van der Waals surface area (Å²) in [4.78, 5) is 13.2. The third-order valence-electron chi connectivity index (χ3n) is 5.70. The van der Waals surface area contributed by atoms with E-state index in [-0.39, 0.29) is 10.6 Å². The fourth-order valence-electron chi connectivity index (χ4n) is 3.87. The molecule has 9 heteroatoms. The Hall–Kier alpha value is -1.71. The minimum atomic E-state index is -3.71. The fraction of sp³-hybridized carbons (Fsp3) is 0.684. The van der Waals surface area contributed by atoms with Crippen molar-refractivity contribution in [3.8, 4) is 0 Å². The maximum atomic E-state index is 13.0. The van der Waals surface area contributed by atoms with Crippen molar-refractivity contribution in [1.29, 1.82) is 0 Å². The number of nitro groups is 1. The van der Waals surface area contributed by atoms with Crippen LogP contribution in [-0.2, 0) is 10.0 Å². The van der Waals surface area contributed by atoms with Crippen LogP contribution >= 0.6 is 0 Å². The van der Waals surface area contributed by atoms with Gasteiger partial charge in [-0.3, -0.25) is 10.1 Å². The van der Waals surface area contributed by atoms with Crippen LogP contribution < -0.4 is 5.32 Å². The van der Waals surface area contributed by atoms with Gasteiger partial charge in [0.15, 0.2) is 0 Å². The Labute approximate surface area is 167 Å². The maximum Gasteiger partial charge on any atom is 0.293 e. The number of nitrogens with one attached hydrogen (secondary N) is 1. The number of anilines is 1. The quantitative estimate of drug-likeness (QED) is 0.523. The van der Waals surface area contributed by atoms with Gasteiger partial charge in [0.25, 0.3) is 5.69 Å². The molecule has 1 saturated carbocycles. The smallest absolute Gasteiger partial charge is 0.293 e. The molecule has 2 aliphatic rings. The highest BCUT2D eigenvalue weighted by Crippen LogP contribution is 2.35. The van der Waals surface area contributed by atoms with Crippen molar-refractivity contribution >= 4 is 21.4 Å². The van der Waals surface area contributed by atoms with Crippen molar-refractivity contribution in [2.45, 2.75) is 49.5 Å². The zero-order valence-corrected chi connectivity index (χ0v) is 17.5. The number of nitro benzene ring substituents is 1. The molecule has 1 aliphatic carbocycles. The SMILES string of the molecule is CN(C)C(CNc1ccc(S(=O)(=O)N2CCCCCC2)cc1[N+](=O)[O-])C1CC1. The summed E-state index contributed by atoms with van der Waals surface area (Å²) in [7, 11) is 0.306. The molecule has 28 heavy (non-hydrogen) atoms. The monoisotopic (exact) mass is 410 g/mol. The fourth-order valence-corrected chi connectivity index (χ4v) is 5.41. The summed E-state index contributed by atoms with van der Waals surface area (Å²) in [6.07, 6.45) is 6.05. The first kappa shape index (κ1) is 21.0. The molecule has 1 heterocycles. The van der Waals surface area contributed by atoms with E-state index in [1.807, 2.05) is 14.1 Å². The van der Waals surface area contributed by atoms with Gasteiger partial charge in [0.05, 0.1) is 9.82 Å². The molecule has 1 atom stereocenters. The first-order valence-corrected chi connectivity index (χ1v) is 11.4. The van der Waals surface area contributed by atoms with Gasteiger partial charge >= 0.3 is 0 Å². The Balaban J connectivity index is 1.81. The van der Waals surface area contributed by atoms with E-state index in [1.165, 1.54) is 35.3 Å². The van der Waals surface area contributed by atoms with E-state index in [4.69, 9.17) is 0 Å². The zero-order valence-electron chi connectivity index (χ0n) is 16.6. The van der Waals surface area contributed by atoms with Crippen LogP contribution in [0.15, 0.2) is 23.1 Å². The van der Waals surface area contributed by atoms with Gasteiger partial charge in [-0.15, -0.1) is 0 Å². The Kier molecular flexibility index (Phi) is 6.57. The van der Waals surface area contributed by atoms with E-state index < -0.39 is 14.9 Å². The molecule has 1 N–H and O–H groups in total. The summed E-state index contributed by atoms with van der Waals surface area (Å²) in [5, 5.41) is 14.8. The molecule has 0 aromatic heterocycles. The molecular weight excluding hydrogens is 380 g/mol. The predicted molar refractivity (Wildman–Crippen MR) is 109 cm³/mol. The Morgan fingerprint density at radius 2 is 1.86 bits per heavy atom. The van der Waals surface area contributed by atoms with Gasteiger partial charge in [-0.05, 0) is 57.8 Å². The first-order valence-electron chi connectivity index (χ1n) is 9.99. The normalized spacial score (nSPS) is 20.0. The number of nitrogens with zero attached hydrogens (tertiary/aromatic N) is 3. The zero-order chi connectivity index (χ0) is 20.3. The third-order valence-corrected chi connectivity index (χ3v) is 7.59. The second-order valence-corrected chi connectivity index (χ2v) is 9.94. The van der Waals surface area contributed by atoms with Gasteiger partial charge in [0, 0.05) is 31.7 Å². The van der Waals surface area contributed by atoms with Crippen LogP contribution in [0.2, 0.25) is 0 Å². The minimum absolute atomic E-state index is 0.00185. The standard InChI is InChI=1S/C19H30N4O4S/c1-21(2)19(15-7-8-15)14-20-17-10-9-16(13-18(17)23(24)25)28(26,27)22-11-5-3-4-6-12-22/h9-10,13,15,19-20H,3-8,11-12,14H2,1-2H3. The van der Waals surface area contributed by atoms with Crippen molar-refractivity contribution in [3.05, 3.63) is 28.3 Å². The van der Waals surface area contributed by atoms with Crippen LogP contribution in [0, 0.1) is 16.0 Å². The number of sulfonamides is 1. The first-order chi connectivity index (χ1) is 13.3. The lowest BCUT2D eigenvalue weighted by atomic mass is 10.1. The summed E-state index contributed by atoms with van der Waals surface area (Å²) in [6, 6.07) is 4.52. The van der Waals surface area contributed by atoms with Gasteiger partial charge in [-0.2, -0.15) is 4.31 Å². The van der Waals surface area contributed by atoms with Crippen molar-refractivity contribution in [2.75, 3.05) is 39.0 Å². The van der Waals surface area contributed by atoms with Crippen LogP contribution in [0.4, 0.5) is 11.4 Å². The lowest BCUT2D eigenvalue weighted by Gasteiger charge is -2.25. The van der Waals surface area contributed by atoms with Gasteiger partial charge in [0.2, 0.25) is 10.0 Å². The average Bonchev–Trinajstić information content (AvgIpc) is 3.48. The highest BCUT2D eigenvalue weighted by Gasteiger charge is 2.33. The second kappa shape index (κ2) is 8.75. The van der Waals surface area contributed by atoms with E-state index >= 15 is 0 Å². The minimum Gasteiger partial charge on any atom is -0.378 e. The highest BCUT2D eigenvalue weighted by atomic mass is 32.2. The summed E-state index contributed by atoms with van der Waals surface area (Å²) >= 11 is 0. The van der Waals surface area contributed by atoms with Crippen molar-refractivity contribution in [1.82, 2.24) is 9.21 Å². The van der Waals surface area contributed by atoms with E-state index in [1.54, 1.807) is 0 Å². The van der Waals surface area contributed by atoms with E-state index in [2.05, 4.69) is 10.2 Å². The molecule has 0 amide bonds. The Bertz CT molecular complexity index is 798. The van der Waals surface area contributed by atoms with Gasteiger partial charge in [0.1, 0.15) is 5.69 Å². The van der Waals surface area contributed by atoms with E-state index in [9.17, 15) is 18.5 Å². The van der Waals surface area contributed by atoms with Crippen LogP contribution in [0.25, 0.3) is 0 Å². The second-order valence-electron chi connectivity index (χ2n) is 8.00. The average molecular weight is 411 g/mol. The summed E-state index contributed by atoms with van der Waals surface area (Å²) in [5.74, 6) is 0.615. The number of likely N-dealkylation sites (N-methyl/N-ethyl adjacent to an activating group) is 1. The van der Waals surface area contributed by atoms with E-state index in [0.29, 0.717) is 37.3 Å². The van der Waals surface area contributed by atoms with Crippen LogP contribution in [0.1, 0.15) is 38.5 Å².